The lowest BCUT2D eigenvalue weighted by Gasteiger charge is -2.37. The minimum atomic E-state index is 0.163. The van der Waals surface area contributed by atoms with Crippen LogP contribution in [0, 0.1) is 11.8 Å². The monoisotopic (exact) mass is 338 g/mol. The summed E-state index contributed by atoms with van der Waals surface area (Å²) in [6, 6.07) is 0. The van der Waals surface area contributed by atoms with E-state index in [9.17, 15) is 4.79 Å². The van der Waals surface area contributed by atoms with Gasteiger partial charge in [0, 0.05) is 45.7 Å². The Bertz CT molecular complexity index is 409. The van der Waals surface area contributed by atoms with Crippen molar-refractivity contribution in [3.63, 3.8) is 0 Å². The van der Waals surface area contributed by atoms with E-state index in [0.29, 0.717) is 25.0 Å². The van der Waals surface area contributed by atoms with E-state index < -0.39 is 0 Å². The molecule has 2 heterocycles. The fourth-order valence-electron chi connectivity index (χ4n) is 3.53. The topological polar surface area (TPSA) is 57.2 Å². The Balaban J connectivity index is 1.79. The Morgan fingerprint density at radius 2 is 1.75 bits per heavy atom. The van der Waals surface area contributed by atoms with Gasteiger partial charge in [0.05, 0.1) is 13.2 Å². The van der Waals surface area contributed by atoms with Gasteiger partial charge in [0.15, 0.2) is 5.96 Å². The van der Waals surface area contributed by atoms with Crippen LogP contribution in [0.15, 0.2) is 4.99 Å². The predicted octanol–water partition coefficient (Wildman–Crippen LogP) is 1.57. The fourth-order valence-corrected chi connectivity index (χ4v) is 3.53. The van der Waals surface area contributed by atoms with Gasteiger partial charge in [0.1, 0.15) is 0 Å². The summed E-state index contributed by atoms with van der Waals surface area (Å²) < 4.78 is 5.34. The summed E-state index contributed by atoms with van der Waals surface area (Å²) >= 11 is 0. The van der Waals surface area contributed by atoms with E-state index >= 15 is 0 Å². The molecule has 0 radical (unpaired) electrons. The van der Waals surface area contributed by atoms with Crippen molar-refractivity contribution in [2.75, 3.05) is 53.0 Å². The molecular formula is C18H34N4O2. The zero-order valence-electron chi connectivity index (χ0n) is 15.6. The molecule has 0 aliphatic carbocycles. The summed E-state index contributed by atoms with van der Waals surface area (Å²) in [7, 11) is 1.85. The molecule has 2 aliphatic rings. The zero-order valence-corrected chi connectivity index (χ0v) is 15.6. The maximum Gasteiger partial charge on any atom is 0.225 e. The Kier molecular flexibility index (Phi) is 7.82. The van der Waals surface area contributed by atoms with E-state index in [4.69, 9.17) is 4.74 Å². The number of amides is 1. The van der Waals surface area contributed by atoms with Crippen molar-refractivity contribution in [3.8, 4) is 0 Å². The van der Waals surface area contributed by atoms with Gasteiger partial charge >= 0.3 is 0 Å². The minimum Gasteiger partial charge on any atom is -0.378 e. The number of guanidine groups is 1. The van der Waals surface area contributed by atoms with Crippen molar-refractivity contribution >= 4 is 11.9 Å². The third kappa shape index (κ3) is 5.10. The number of aliphatic imine (C=N–C) groups is 1. The zero-order chi connectivity index (χ0) is 17.4. The van der Waals surface area contributed by atoms with Gasteiger partial charge < -0.3 is 19.9 Å². The molecule has 0 aromatic carbocycles. The normalized spacial score (nSPS) is 20.6. The number of piperidine rings is 1. The van der Waals surface area contributed by atoms with Crippen LogP contribution >= 0.6 is 0 Å². The van der Waals surface area contributed by atoms with Gasteiger partial charge in [-0.1, -0.05) is 26.7 Å². The first-order chi connectivity index (χ1) is 11.7. The SMILES string of the molecule is CCC(CC)CNC(=NC)N1CCC(C(=O)N2CCOCC2)CC1. The quantitative estimate of drug-likeness (QED) is 0.611. The molecule has 6 heteroatoms. The van der Waals surface area contributed by atoms with Crippen LogP contribution in [-0.2, 0) is 9.53 Å². The minimum absolute atomic E-state index is 0.163. The van der Waals surface area contributed by atoms with Gasteiger partial charge in [-0.2, -0.15) is 0 Å². The van der Waals surface area contributed by atoms with Crippen molar-refractivity contribution in [1.82, 2.24) is 15.1 Å². The van der Waals surface area contributed by atoms with E-state index in [2.05, 4.69) is 29.1 Å². The molecular weight excluding hydrogens is 304 g/mol. The van der Waals surface area contributed by atoms with Crippen LogP contribution in [0.3, 0.4) is 0 Å². The van der Waals surface area contributed by atoms with E-state index in [1.54, 1.807) is 0 Å². The Morgan fingerprint density at radius 1 is 1.12 bits per heavy atom. The maximum atomic E-state index is 12.6. The first-order valence-corrected chi connectivity index (χ1v) is 9.51. The molecule has 0 atom stereocenters. The number of likely N-dealkylation sites (tertiary alicyclic amines) is 1. The van der Waals surface area contributed by atoms with Gasteiger partial charge in [-0.25, -0.2) is 0 Å². The Labute approximate surface area is 146 Å². The fraction of sp³-hybridized carbons (Fsp3) is 0.889. The highest BCUT2D eigenvalue weighted by molar-refractivity contribution is 5.81. The van der Waals surface area contributed by atoms with Crippen LogP contribution in [0.2, 0.25) is 0 Å². The van der Waals surface area contributed by atoms with E-state index in [0.717, 1.165) is 51.5 Å². The summed E-state index contributed by atoms with van der Waals surface area (Å²) in [6.45, 7) is 10.1. The van der Waals surface area contributed by atoms with Crippen LogP contribution in [0.1, 0.15) is 39.5 Å². The number of morpholine rings is 1. The molecule has 1 amide bonds. The number of rotatable bonds is 5. The lowest BCUT2D eigenvalue weighted by Crippen LogP contribution is -2.50. The van der Waals surface area contributed by atoms with Gasteiger partial charge in [0.25, 0.3) is 0 Å². The second-order valence-electron chi connectivity index (χ2n) is 6.81. The van der Waals surface area contributed by atoms with Crippen LogP contribution in [0.25, 0.3) is 0 Å². The third-order valence-electron chi connectivity index (χ3n) is 5.38. The van der Waals surface area contributed by atoms with Crippen LogP contribution in [0.5, 0.6) is 0 Å². The summed E-state index contributed by atoms with van der Waals surface area (Å²) in [5.41, 5.74) is 0. The number of carbonyl (C=O) groups excluding carboxylic acids is 1. The molecule has 0 aromatic rings. The largest absolute Gasteiger partial charge is 0.378 e. The molecule has 2 aliphatic heterocycles. The predicted molar refractivity (Wildman–Crippen MR) is 97.1 cm³/mol. The maximum absolute atomic E-state index is 12.6. The van der Waals surface area contributed by atoms with Crippen molar-refractivity contribution in [2.45, 2.75) is 39.5 Å². The molecule has 0 saturated carbocycles. The highest BCUT2D eigenvalue weighted by atomic mass is 16.5. The first kappa shape index (κ1) is 19.0. The molecule has 1 N–H and O–H groups in total. The van der Waals surface area contributed by atoms with Crippen molar-refractivity contribution < 1.29 is 9.53 Å². The number of nitrogens with zero attached hydrogens (tertiary/aromatic N) is 3. The molecule has 2 saturated heterocycles. The summed E-state index contributed by atoms with van der Waals surface area (Å²) in [6.07, 6.45) is 4.22. The second-order valence-corrected chi connectivity index (χ2v) is 6.81. The first-order valence-electron chi connectivity index (χ1n) is 9.51. The number of hydrogen-bond donors (Lipinski definition) is 1. The van der Waals surface area contributed by atoms with E-state index in [-0.39, 0.29) is 5.92 Å². The van der Waals surface area contributed by atoms with Crippen molar-refractivity contribution in [3.05, 3.63) is 0 Å². The average molecular weight is 338 g/mol. The van der Waals surface area contributed by atoms with E-state index in [1.165, 1.54) is 12.8 Å². The lowest BCUT2D eigenvalue weighted by atomic mass is 9.95. The van der Waals surface area contributed by atoms with Crippen LogP contribution < -0.4 is 5.32 Å². The van der Waals surface area contributed by atoms with Crippen molar-refractivity contribution in [1.29, 1.82) is 0 Å². The Morgan fingerprint density at radius 3 is 2.29 bits per heavy atom. The lowest BCUT2D eigenvalue weighted by molar-refractivity contribution is -0.140. The van der Waals surface area contributed by atoms with Crippen LogP contribution in [-0.4, -0.2) is 74.7 Å². The number of carbonyl (C=O) groups is 1. The summed E-state index contributed by atoms with van der Waals surface area (Å²) in [5, 5.41) is 3.51. The number of ether oxygens (including phenoxy) is 1. The van der Waals surface area contributed by atoms with Gasteiger partial charge in [-0.15, -0.1) is 0 Å². The molecule has 0 spiro atoms. The van der Waals surface area contributed by atoms with Gasteiger partial charge in [-0.3, -0.25) is 9.79 Å². The highest BCUT2D eigenvalue weighted by Gasteiger charge is 2.30. The van der Waals surface area contributed by atoms with Gasteiger partial charge in [0.2, 0.25) is 5.91 Å². The van der Waals surface area contributed by atoms with Gasteiger partial charge in [-0.05, 0) is 18.8 Å². The van der Waals surface area contributed by atoms with Crippen molar-refractivity contribution in [2.24, 2.45) is 16.8 Å². The third-order valence-corrected chi connectivity index (χ3v) is 5.38. The molecule has 138 valence electrons. The molecule has 6 nitrogen and oxygen atoms in total. The Hall–Kier alpha value is -1.30. The molecule has 2 fully saturated rings. The molecule has 0 aromatic heterocycles. The number of nitrogens with one attached hydrogen (secondary N) is 1. The van der Waals surface area contributed by atoms with Crippen LogP contribution in [0.4, 0.5) is 0 Å². The standard InChI is InChI=1S/C18H34N4O2/c1-4-15(5-2)14-20-18(19-3)22-8-6-16(7-9-22)17(23)21-10-12-24-13-11-21/h15-16H,4-14H2,1-3H3,(H,19,20). The number of hydrogen-bond acceptors (Lipinski definition) is 3. The average Bonchev–Trinajstić information content (AvgIpc) is 2.66. The molecule has 0 unspecified atom stereocenters. The highest BCUT2D eigenvalue weighted by Crippen LogP contribution is 2.20. The molecule has 0 bridgehead atoms. The second kappa shape index (κ2) is 9.87. The summed E-state index contributed by atoms with van der Waals surface area (Å²) in [4.78, 5) is 21.3. The summed E-state index contributed by atoms with van der Waals surface area (Å²) in [5.74, 6) is 2.16. The van der Waals surface area contributed by atoms with E-state index in [1.807, 2.05) is 11.9 Å². The molecule has 2 rings (SSSR count). The smallest absolute Gasteiger partial charge is 0.225 e. The molecule has 24 heavy (non-hydrogen) atoms.